The summed E-state index contributed by atoms with van der Waals surface area (Å²) < 4.78 is 0. The van der Waals surface area contributed by atoms with E-state index >= 15 is 0 Å². The molecular weight excluding hydrogens is 519 g/mol. The number of rotatable bonds is 13. The molecule has 0 N–H and O–H groups in total. The molecule has 0 aliphatic rings. The molecule has 4 aromatic carbocycles. The van der Waals surface area contributed by atoms with Gasteiger partial charge in [-0.3, -0.25) is 0 Å². The fourth-order valence-corrected chi connectivity index (χ4v) is 13.2. The van der Waals surface area contributed by atoms with E-state index in [0.717, 1.165) is 12.6 Å². The zero-order valence-electron chi connectivity index (χ0n) is 21.7. The molecule has 0 spiro atoms. The average Bonchev–Trinajstić information content (AvgIpc) is 2.95. The van der Waals surface area contributed by atoms with Crippen molar-refractivity contribution in [2.24, 2.45) is 0 Å². The van der Waals surface area contributed by atoms with E-state index in [1.807, 2.05) is 0 Å². The van der Waals surface area contributed by atoms with Crippen LogP contribution in [0.5, 0.6) is 0 Å². The van der Waals surface area contributed by atoms with Gasteiger partial charge >= 0.3 is 228 Å². The summed E-state index contributed by atoms with van der Waals surface area (Å²) in [6, 6.07) is 42.6. The molecule has 0 heterocycles. The van der Waals surface area contributed by atoms with Crippen LogP contribution in [0.4, 0.5) is 0 Å². The molecule has 36 heavy (non-hydrogen) atoms. The predicted octanol–water partition coefficient (Wildman–Crippen LogP) is 9.32. The van der Waals surface area contributed by atoms with Gasteiger partial charge in [-0.1, -0.05) is 0 Å². The molecule has 0 bridgehead atoms. The summed E-state index contributed by atoms with van der Waals surface area (Å²) >= 11 is 4.64. The number of hydrogen-bond donors (Lipinski definition) is 0. The first-order valence-corrected chi connectivity index (χ1v) is 18.1. The second-order valence-corrected chi connectivity index (χ2v) is 18.9. The van der Waals surface area contributed by atoms with Crippen LogP contribution < -0.4 is 15.9 Å². The monoisotopic (exact) mass is 558 g/mol. The van der Waals surface area contributed by atoms with Gasteiger partial charge < -0.3 is 0 Å². The van der Waals surface area contributed by atoms with Gasteiger partial charge in [-0.05, 0) is 0 Å². The van der Waals surface area contributed by atoms with Crippen LogP contribution in [0.15, 0.2) is 115 Å². The van der Waals surface area contributed by atoms with E-state index in [2.05, 4.69) is 138 Å². The first-order valence-electron chi connectivity index (χ1n) is 13.6. The molecule has 0 aromatic heterocycles. The van der Waals surface area contributed by atoms with Gasteiger partial charge in [0.1, 0.15) is 0 Å². The topological polar surface area (TPSA) is 0 Å². The van der Waals surface area contributed by atoms with Crippen molar-refractivity contribution >= 4 is 36.7 Å². The van der Waals surface area contributed by atoms with Crippen molar-refractivity contribution in [2.45, 2.75) is 64.5 Å². The van der Waals surface area contributed by atoms with Crippen LogP contribution >= 0.6 is 20.8 Å². The number of hydrogen-bond acceptors (Lipinski definition) is 0. The maximum absolute atomic E-state index is 4.64. The van der Waals surface area contributed by atoms with E-state index in [-0.39, 0.29) is 0 Å². The Labute approximate surface area is 226 Å². The summed E-state index contributed by atoms with van der Waals surface area (Å²) in [5.41, 5.74) is 2.97. The van der Waals surface area contributed by atoms with Gasteiger partial charge in [0, 0.05) is 0 Å². The van der Waals surface area contributed by atoms with Gasteiger partial charge in [0.25, 0.3) is 0 Å². The molecule has 0 aliphatic carbocycles. The Morgan fingerprint density at radius 3 is 1.33 bits per heavy atom. The molecule has 0 saturated carbocycles. The molecule has 0 aliphatic heterocycles. The van der Waals surface area contributed by atoms with Crippen LogP contribution in [0.2, 0.25) is 0 Å². The zero-order chi connectivity index (χ0) is 25.1. The molecular formula is C34H40BrP. The van der Waals surface area contributed by atoms with Crippen molar-refractivity contribution in [1.29, 1.82) is 0 Å². The normalized spacial score (nSPS) is 12.7. The molecule has 4 rings (SSSR count). The SMILES string of the molecule is CCCCCCCCCc1ccccc1CP(Br)(c1ccccc1)(c1ccccc1)c1ccccc1. The first-order chi connectivity index (χ1) is 17.7. The van der Waals surface area contributed by atoms with Crippen molar-refractivity contribution in [3.05, 3.63) is 126 Å². The van der Waals surface area contributed by atoms with E-state index in [1.54, 1.807) is 0 Å². The second-order valence-electron chi connectivity index (χ2n) is 9.99. The quantitative estimate of drug-likeness (QED) is 0.113. The van der Waals surface area contributed by atoms with E-state index in [1.165, 1.54) is 72.0 Å². The fraction of sp³-hybridized carbons (Fsp3) is 0.294. The summed E-state index contributed by atoms with van der Waals surface area (Å²) in [5.74, 6) is 0. The molecule has 0 amide bonds. The standard InChI is InChI=1S/C34H40BrP/c1-2-3-4-5-6-7-11-20-30-21-18-19-22-31(30)29-36(35,32-23-12-8-13-24-32,33-25-14-9-15-26-33)34-27-16-10-17-28-34/h8-10,12-19,21-28H,2-7,11,20,29H2,1H3. The second kappa shape index (κ2) is 12.8. The van der Waals surface area contributed by atoms with Crippen molar-refractivity contribution in [3.8, 4) is 0 Å². The molecule has 0 radical (unpaired) electrons. The van der Waals surface area contributed by atoms with Crippen LogP contribution in [0, 0.1) is 0 Å². The van der Waals surface area contributed by atoms with Gasteiger partial charge in [0.15, 0.2) is 0 Å². The zero-order valence-corrected chi connectivity index (χ0v) is 24.1. The number of aryl methyl sites for hydroxylation is 1. The molecule has 0 saturated heterocycles. The minimum atomic E-state index is -2.97. The third-order valence-electron chi connectivity index (χ3n) is 7.52. The van der Waals surface area contributed by atoms with E-state index < -0.39 is 5.31 Å². The first kappa shape index (κ1) is 26.8. The molecule has 0 fully saturated rings. The van der Waals surface area contributed by atoms with Gasteiger partial charge in [-0.15, -0.1) is 0 Å². The van der Waals surface area contributed by atoms with Crippen LogP contribution in [0.25, 0.3) is 0 Å². The van der Waals surface area contributed by atoms with Crippen LogP contribution in [-0.2, 0) is 12.6 Å². The summed E-state index contributed by atoms with van der Waals surface area (Å²) in [6.45, 7) is 2.29. The Kier molecular flexibility index (Phi) is 9.58. The van der Waals surface area contributed by atoms with Crippen LogP contribution in [0.1, 0.15) is 63.0 Å². The third-order valence-corrected chi connectivity index (χ3v) is 17.0. The van der Waals surface area contributed by atoms with Crippen molar-refractivity contribution < 1.29 is 0 Å². The maximum atomic E-state index is 4.64. The summed E-state index contributed by atoms with van der Waals surface area (Å²) in [5, 5.41) is 1.17. The molecule has 0 atom stereocenters. The fourth-order valence-electron chi connectivity index (χ4n) is 5.49. The van der Waals surface area contributed by atoms with E-state index in [9.17, 15) is 0 Å². The van der Waals surface area contributed by atoms with E-state index in [4.69, 9.17) is 0 Å². The Morgan fingerprint density at radius 2 is 0.861 bits per heavy atom. The van der Waals surface area contributed by atoms with Crippen LogP contribution in [0.3, 0.4) is 0 Å². The molecule has 0 unspecified atom stereocenters. The minimum absolute atomic E-state index is 0.969. The summed E-state index contributed by atoms with van der Waals surface area (Å²) in [6.07, 6.45) is 11.5. The van der Waals surface area contributed by atoms with E-state index in [0.29, 0.717) is 0 Å². The molecule has 188 valence electrons. The summed E-state index contributed by atoms with van der Waals surface area (Å²) in [4.78, 5) is 0. The molecule has 0 nitrogen and oxygen atoms in total. The van der Waals surface area contributed by atoms with Crippen molar-refractivity contribution in [3.63, 3.8) is 0 Å². The van der Waals surface area contributed by atoms with Crippen LogP contribution in [-0.4, -0.2) is 0 Å². The van der Waals surface area contributed by atoms with Crippen molar-refractivity contribution in [2.75, 3.05) is 0 Å². The molecule has 4 aromatic rings. The van der Waals surface area contributed by atoms with Gasteiger partial charge in [0.05, 0.1) is 0 Å². The number of unbranched alkanes of at least 4 members (excludes halogenated alkanes) is 6. The Balaban J connectivity index is 1.74. The predicted molar refractivity (Wildman–Crippen MR) is 166 cm³/mol. The van der Waals surface area contributed by atoms with Gasteiger partial charge in [-0.25, -0.2) is 0 Å². The third kappa shape index (κ3) is 5.85. The Hall–Kier alpha value is -2.21. The average molecular weight is 560 g/mol. The molecule has 2 heteroatoms. The Bertz CT molecular complexity index is 1090. The number of halogens is 1. The van der Waals surface area contributed by atoms with Gasteiger partial charge in [0.2, 0.25) is 0 Å². The van der Waals surface area contributed by atoms with Gasteiger partial charge in [-0.2, -0.15) is 0 Å². The van der Waals surface area contributed by atoms with Crippen molar-refractivity contribution in [1.82, 2.24) is 0 Å². The summed E-state index contributed by atoms with van der Waals surface area (Å²) in [7, 11) is 0. The number of benzene rings is 4. The Morgan fingerprint density at radius 1 is 0.472 bits per heavy atom.